The number of rotatable bonds is 3. The number of methoxy groups -OCH3 is 1. The molecule has 0 aliphatic carbocycles. The van der Waals surface area contributed by atoms with E-state index in [0.29, 0.717) is 5.02 Å². The van der Waals surface area contributed by atoms with Gasteiger partial charge in [-0.15, -0.1) is 0 Å². The van der Waals surface area contributed by atoms with Gasteiger partial charge >= 0.3 is 12.0 Å². The summed E-state index contributed by atoms with van der Waals surface area (Å²) in [5.41, 5.74) is 3.29. The summed E-state index contributed by atoms with van der Waals surface area (Å²) in [5, 5.41) is 4.36. The topological polar surface area (TPSA) is 87.7 Å². The van der Waals surface area contributed by atoms with Crippen molar-refractivity contribution in [1.29, 1.82) is 0 Å². The summed E-state index contributed by atoms with van der Waals surface area (Å²) >= 11 is 5.78. The highest BCUT2D eigenvalue weighted by atomic mass is 35.5. The van der Waals surface area contributed by atoms with Gasteiger partial charge in [-0.05, 0) is 17.7 Å². The van der Waals surface area contributed by atoms with Gasteiger partial charge in [-0.2, -0.15) is 0 Å². The van der Waals surface area contributed by atoms with Crippen molar-refractivity contribution in [2.75, 3.05) is 13.7 Å². The van der Waals surface area contributed by atoms with Crippen LogP contribution < -0.4 is 10.7 Å². The second kappa shape index (κ2) is 7.13. The van der Waals surface area contributed by atoms with E-state index >= 15 is 0 Å². The average molecular weight is 326 g/mol. The highest BCUT2D eigenvalue weighted by Crippen LogP contribution is 2.13. The van der Waals surface area contributed by atoms with Crippen LogP contribution in [0.5, 0.6) is 0 Å². The number of hydrogen-bond donors (Lipinski definition) is 2. The lowest BCUT2D eigenvalue weighted by molar-refractivity contribution is -0.151. The van der Waals surface area contributed by atoms with Gasteiger partial charge in [-0.3, -0.25) is 15.0 Å². The Bertz CT molecular complexity index is 576. The third kappa shape index (κ3) is 4.11. The van der Waals surface area contributed by atoms with E-state index in [1.807, 2.05) is 0 Å². The number of halogens is 1. The predicted molar refractivity (Wildman–Crippen MR) is 78.7 cm³/mol. The second-order valence-corrected chi connectivity index (χ2v) is 5.29. The van der Waals surface area contributed by atoms with Crippen LogP contribution in [0.3, 0.4) is 0 Å². The zero-order chi connectivity index (χ0) is 16.1. The van der Waals surface area contributed by atoms with Gasteiger partial charge in [0.05, 0.1) is 19.6 Å². The molecule has 0 spiro atoms. The van der Waals surface area contributed by atoms with Crippen LogP contribution in [0.4, 0.5) is 4.79 Å². The summed E-state index contributed by atoms with van der Waals surface area (Å²) in [6.45, 7) is 0.357. The van der Waals surface area contributed by atoms with Crippen LogP contribution in [-0.2, 0) is 20.9 Å². The third-order valence-electron chi connectivity index (χ3n) is 3.23. The molecule has 1 aromatic carbocycles. The Balaban J connectivity index is 1.92. The quantitative estimate of drug-likeness (QED) is 0.814. The van der Waals surface area contributed by atoms with E-state index in [4.69, 9.17) is 11.6 Å². The van der Waals surface area contributed by atoms with Gasteiger partial charge in [0.2, 0.25) is 5.91 Å². The molecule has 0 bridgehead atoms. The number of amides is 3. The number of hydrazine groups is 1. The van der Waals surface area contributed by atoms with Crippen LogP contribution in [0.2, 0.25) is 5.02 Å². The zero-order valence-corrected chi connectivity index (χ0v) is 12.7. The van der Waals surface area contributed by atoms with Crippen molar-refractivity contribution in [1.82, 2.24) is 15.8 Å². The average Bonchev–Trinajstić information content (AvgIpc) is 2.52. The first-order valence-corrected chi connectivity index (χ1v) is 7.04. The molecule has 1 heterocycles. The first-order valence-electron chi connectivity index (χ1n) is 6.66. The summed E-state index contributed by atoms with van der Waals surface area (Å²) in [6, 6.07) is 6.53. The van der Waals surface area contributed by atoms with E-state index in [9.17, 15) is 14.4 Å². The lowest BCUT2D eigenvalue weighted by Gasteiger charge is -2.31. The maximum atomic E-state index is 12.1. The molecule has 2 N–H and O–H groups in total. The number of ether oxygens (including phenoxy) is 1. The molecule has 3 amide bonds. The Labute approximate surface area is 132 Å². The minimum absolute atomic E-state index is 0.00758. The molecule has 1 aromatic rings. The normalized spacial score (nSPS) is 17.6. The third-order valence-corrected chi connectivity index (χ3v) is 3.48. The minimum Gasteiger partial charge on any atom is -0.469 e. The van der Waals surface area contributed by atoms with Gasteiger partial charge in [-0.25, -0.2) is 9.80 Å². The Hall–Kier alpha value is -2.28. The first kappa shape index (κ1) is 16.1. The molecule has 2 rings (SSSR count). The molecular weight excluding hydrogens is 310 g/mol. The fraction of sp³-hybridized carbons (Fsp3) is 0.357. The van der Waals surface area contributed by atoms with Crippen LogP contribution in [0.25, 0.3) is 0 Å². The standard InChI is InChI=1S/C14H16ClN3O4/c1-22-13(20)10-6-12(19)17-18(8-10)14(21)16-7-9-2-4-11(15)5-3-9/h2-5,10H,6-8H2,1H3,(H,16,21)(H,17,19). The number of carbonyl (C=O) groups is 3. The van der Waals surface area contributed by atoms with Gasteiger partial charge in [0.15, 0.2) is 0 Å². The fourth-order valence-electron chi connectivity index (χ4n) is 2.08. The summed E-state index contributed by atoms with van der Waals surface area (Å²) < 4.78 is 4.62. The van der Waals surface area contributed by atoms with Gasteiger partial charge < -0.3 is 10.1 Å². The maximum absolute atomic E-state index is 12.1. The van der Waals surface area contributed by atoms with Crippen molar-refractivity contribution in [3.8, 4) is 0 Å². The van der Waals surface area contributed by atoms with Crippen molar-refractivity contribution in [2.45, 2.75) is 13.0 Å². The van der Waals surface area contributed by atoms with Crippen LogP contribution in [0.1, 0.15) is 12.0 Å². The van der Waals surface area contributed by atoms with Crippen LogP contribution >= 0.6 is 11.6 Å². The molecule has 118 valence electrons. The molecule has 1 aliphatic heterocycles. The Morgan fingerprint density at radius 2 is 2.09 bits per heavy atom. The highest BCUT2D eigenvalue weighted by Gasteiger charge is 2.33. The van der Waals surface area contributed by atoms with E-state index in [-0.39, 0.29) is 19.5 Å². The molecule has 1 aliphatic rings. The maximum Gasteiger partial charge on any atom is 0.336 e. The highest BCUT2D eigenvalue weighted by molar-refractivity contribution is 6.30. The number of urea groups is 1. The summed E-state index contributed by atoms with van der Waals surface area (Å²) in [6.07, 6.45) is 0.00758. The van der Waals surface area contributed by atoms with Crippen molar-refractivity contribution in [3.63, 3.8) is 0 Å². The minimum atomic E-state index is -0.653. The van der Waals surface area contributed by atoms with Crippen LogP contribution in [0, 0.1) is 5.92 Å². The van der Waals surface area contributed by atoms with E-state index in [0.717, 1.165) is 10.6 Å². The summed E-state index contributed by atoms with van der Waals surface area (Å²) in [7, 11) is 1.25. The predicted octanol–water partition coefficient (Wildman–Crippen LogP) is 1.08. The van der Waals surface area contributed by atoms with Crippen molar-refractivity contribution < 1.29 is 19.1 Å². The molecule has 8 heteroatoms. The molecule has 1 saturated heterocycles. The van der Waals surface area contributed by atoms with Crippen molar-refractivity contribution in [3.05, 3.63) is 34.9 Å². The molecule has 22 heavy (non-hydrogen) atoms. The van der Waals surface area contributed by atoms with Crippen LogP contribution in [-0.4, -0.2) is 36.6 Å². The number of benzene rings is 1. The molecule has 1 unspecified atom stereocenters. The molecule has 7 nitrogen and oxygen atoms in total. The van der Waals surface area contributed by atoms with E-state index in [2.05, 4.69) is 15.5 Å². The Kier molecular flexibility index (Phi) is 5.21. The fourth-order valence-corrected chi connectivity index (χ4v) is 2.21. The molecule has 1 fully saturated rings. The Morgan fingerprint density at radius 3 is 2.73 bits per heavy atom. The van der Waals surface area contributed by atoms with Gasteiger partial charge in [0.25, 0.3) is 0 Å². The second-order valence-electron chi connectivity index (χ2n) is 4.85. The summed E-state index contributed by atoms with van der Waals surface area (Å²) in [4.78, 5) is 35.1. The van der Waals surface area contributed by atoms with Gasteiger partial charge in [0.1, 0.15) is 0 Å². The number of esters is 1. The first-order chi connectivity index (χ1) is 10.5. The molecule has 0 saturated carbocycles. The molecule has 0 aromatic heterocycles. The zero-order valence-electron chi connectivity index (χ0n) is 12.0. The smallest absolute Gasteiger partial charge is 0.336 e. The van der Waals surface area contributed by atoms with E-state index in [1.54, 1.807) is 24.3 Å². The van der Waals surface area contributed by atoms with Gasteiger partial charge in [0, 0.05) is 18.0 Å². The lowest BCUT2D eigenvalue weighted by Crippen LogP contribution is -2.57. The lowest BCUT2D eigenvalue weighted by atomic mass is 10.0. The summed E-state index contributed by atoms with van der Waals surface area (Å²) in [5.74, 6) is -1.56. The number of hydrogen-bond acceptors (Lipinski definition) is 4. The molecular formula is C14H16ClN3O4. The molecule has 0 radical (unpaired) electrons. The van der Waals surface area contributed by atoms with E-state index in [1.165, 1.54) is 7.11 Å². The SMILES string of the molecule is COC(=O)C1CC(=O)NN(C(=O)NCc2ccc(Cl)cc2)C1. The van der Waals surface area contributed by atoms with Gasteiger partial charge in [-0.1, -0.05) is 23.7 Å². The Morgan fingerprint density at radius 1 is 1.41 bits per heavy atom. The van der Waals surface area contributed by atoms with Crippen LogP contribution in [0.15, 0.2) is 24.3 Å². The van der Waals surface area contributed by atoms with Crippen molar-refractivity contribution in [2.24, 2.45) is 5.92 Å². The number of nitrogens with one attached hydrogen (secondary N) is 2. The largest absolute Gasteiger partial charge is 0.469 e. The molecule has 1 atom stereocenters. The number of nitrogens with zero attached hydrogens (tertiary/aromatic N) is 1. The number of carbonyl (C=O) groups excluding carboxylic acids is 3. The van der Waals surface area contributed by atoms with Crippen molar-refractivity contribution >= 4 is 29.5 Å². The monoisotopic (exact) mass is 325 g/mol. The van der Waals surface area contributed by atoms with E-state index < -0.39 is 23.8 Å².